The first-order chi connectivity index (χ1) is 18.1. The Morgan fingerprint density at radius 1 is 0.486 bits per heavy atom. The topological polar surface area (TPSA) is 0 Å². The fourth-order valence-corrected chi connectivity index (χ4v) is 4.22. The molecule has 0 radical (unpaired) electrons. The Morgan fingerprint density at radius 3 is 1.46 bits per heavy atom. The maximum absolute atomic E-state index is 14.6. The standard InChI is InChI=1S/C35H38F2/c1-3-5-7-8-9-10-11-13-29-16-20-31(21-17-29)24-25-33-34(36)26-32(27-35(33)37)23-22-30-18-14-28(15-19-30)12-6-4-2/h14-21,26-27H,3-13H2,1-2H3. The van der Waals surface area contributed by atoms with Crippen LogP contribution in [0.1, 0.15) is 105 Å². The minimum Gasteiger partial charge on any atom is -0.205 e. The predicted molar refractivity (Wildman–Crippen MR) is 152 cm³/mol. The summed E-state index contributed by atoms with van der Waals surface area (Å²) in [6.45, 7) is 4.41. The number of benzene rings is 3. The molecule has 0 aliphatic carbocycles. The molecule has 3 aromatic carbocycles. The zero-order valence-electron chi connectivity index (χ0n) is 22.3. The molecule has 2 heteroatoms. The van der Waals surface area contributed by atoms with Gasteiger partial charge in [-0.05, 0) is 73.2 Å². The molecule has 0 saturated carbocycles. The average Bonchev–Trinajstić information content (AvgIpc) is 2.91. The van der Waals surface area contributed by atoms with Crippen LogP contribution in [0.4, 0.5) is 8.78 Å². The van der Waals surface area contributed by atoms with Gasteiger partial charge >= 0.3 is 0 Å². The van der Waals surface area contributed by atoms with Crippen molar-refractivity contribution < 1.29 is 8.78 Å². The summed E-state index contributed by atoms with van der Waals surface area (Å²) >= 11 is 0. The van der Waals surface area contributed by atoms with Gasteiger partial charge in [0, 0.05) is 16.7 Å². The van der Waals surface area contributed by atoms with Crippen LogP contribution in [0, 0.1) is 35.3 Å². The van der Waals surface area contributed by atoms with Crippen molar-refractivity contribution >= 4 is 0 Å². The normalized spacial score (nSPS) is 10.4. The lowest BCUT2D eigenvalue weighted by Crippen LogP contribution is -1.93. The van der Waals surface area contributed by atoms with E-state index in [1.807, 2.05) is 24.3 Å². The summed E-state index contributed by atoms with van der Waals surface area (Å²) < 4.78 is 29.3. The Balaban J connectivity index is 1.57. The first-order valence-electron chi connectivity index (χ1n) is 13.8. The highest BCUT2D eigenvalue weighted by Crippen LogP contribution is 2.16. The van der Waals surface area contributed by atoms with Crippen LogP contribution < -0.4 is 0 Å². The summed E-state index contributed by atoms with van der Waals surface area (Å²) in [5, 5.41) is 0. The number of hydrogen-bond donors (Lipinski definition) is 0. The third-order valence-electron chi connectivity index (χ3n) is 6.52. The average molecular weight is 497 g/mol. The molecule has 192 valence electrons. The molecule has 0 aromatic heterocycles. The van der Waals surface area contributed by atoms with E-state index in [2.05, 4.69) is 61.8 Å². The van der Waals surface area contributed by atoms with Crippen LogP contribution in [-0.2, 0) is 12.8 Å². The minimum absolute atomic E-state index is 0.224. The Hall–Kier alpha value is -3.36. The van der Waals surface area contributed by atoms with Crippen LogP contribution in [0.3, 0.4) is 0 Å². The van der Waals surface area contributed by atoms with Crippen LogP contribution in [0.2, 0.25) is 0 Å². The lowest BCUT2D eigenvalue weighted by Gasteiger charge is -2.03. The highest BCUT2D eigenvalue weighted by Gasteiger charge is 2.08. The van der Waals surface area contributed by atoms with Gasteiger partial charge in [-0.3, -0.25) is 0 Å². The number of rotatable bonds is 11. The molecular weight excluding hydrogens is 458 g/mol. The van der Waals surface area contributed by atoms with Gasteiger partial charge < -0.3 is 0 Å². The summed E-state index contributed by atoms with van der Waals surface area (Å²) in [5.74, 6) is 10.0. The van der Waals surface area contributed by atoms with Gasteiger partial charge in [-0.2, -0.15) is 0 Å². The summed E-state index contributed by atoms with van der Waals surface area (Å²) in [5.41, 5.74) is 4.18. The molecule has 0 aliphatic heterocycles. The minimum atomic E-state index is -0.692. The number of halogens is 2. The Labute approximate surface area is 222 Å². The van der Waals surface area contributed by atoms with Gasteiger partial charge in [0.05, 0.1) is 5.56 Å². The van der Waals surface area contributed by atoms with Gasteiger partial charge in [0.25, 0.3) is 0 Å². The van der Waals surface area contributed by atoms with Crippen molar-refractivity contribution in [1.82, 2.24) is 0 Å². The molecule has 0 saturated heterocycles. The SMILES string of the molecule is CCCCCCCCCc1ccc(C#Cc2c(F)cc(C#Cc3ccc(CCCC)cc3)cc2F)cc1. The molecule has 0 heterocycles. The summed E-state index contributed by atoms with van der Waals surface area (Å²) in [7, 11) is 0. The largest absolute Gasteiger partial charge is 0.205 e. The number of aryl methyl sites for hydroxylation is 2. The Bertz CT molecular complexity index is 1210. The molecule has 0 nitrogen and oxygen atoms in total. The van der Waals surface area contributed by atoms with E-state index in [1.165, 1.54) is 68.2 Å². The molecule has 0 fully saturated rings. The lowest BCUT2D eigenvalue weighted by molar-refractivity contribution is 0.577. The number of unbranched alkanes of at least 4 members (excludes halogenated alkanes) is 7. The lowest BCUT2D eigenvalue weighted by atomic mass is 10.0. The third-order valence-corrected chi connectivity index (χ3v) is 6.52. The van der Waals surface area contributed by atoms with Crippen molar-refractivity contribution in [1.29, 1.82) is 0 Å². The van der Waals surface area contributed by atoms with Gasteiger partial charge in [0.1, 0.15) is 11.6 Å². The van der Waals surface area contributed by atoms with E-state index in [0.717, 1.165) is 36.8 Å². The van der Waals surface area contributed by atoms with Gasteiger partial charge in [0.15, 0.2) is 0 Å². The highest BCUT2D eigenvalue weighted by atomic mass is 19.1. The van der Waals surface area contributed by atoms with Crippen molar-refractivity contribution in [3.05, 3.63) is 106 Å². The second-order valence-electron chi connectivity index (χ2n) is 9.68. The third kappa shape index (κ3) is 9.90. The van der Waals surface area contributed by atoms with E-state index in [4.69, 9.17) is 0 Å². The van der Waals surface area contributed by atoms with E-state index < -0.39 is 11.6 Å². The van der Waals surface area contributed by atoms with Crippen molar-refractivity contribution in [2.24, 2.45) is 0 Å². The van der Waals surface area contributed by atoms with E-state index in [0.29, 0.717) is 5.56 Å². The van der Waals surface area contributed by atoms with Crippen molar-refractivity contribution in [2.45, 2.75) is 84.5 Å². The molecule has 0 bridgehead atoms. The fourth-order valence-electron chi connectivity index (χ4n) is 4.22. The molecule has 0 atom stereocenters. The van der Waals surface area contributed by atoms with E-state index in [9.17, 15) is 8.78 Å². The smallest absolute Gasteiger partial charge is 0.143 e. The van der Waals surface area contributed by atoms with Gasteiger partial charge in [0.2, 0.25) is 0 Å². The van der Waals surface area contributed by atoms with E-state index >= 15 is 0 Å². The van der Waals surface area contributed by atoms with Crippen LogP contribution in [0.15, 0.2) is 60.7 Å². The van der Waals surface area contributed by atoms with E-state index in [-0.39, 0.29) is 5.56 Å². The fraction of sp³-hybridized carbons (Fsp3) is 0.371. The van der Waals surface area contributed by atoms with Crippen molar-refractivity contribution in [2.75, 3.05) is 0 Å². The zero-order valence-corrected chi connectivity index (χ0v) is 22.3. The highest BCUT2D eigenvalue weighted by molar-refractivity contribution is 5.49. The maximum atomic E-state index is 14.6. The van der Waals surface area contributed by atoms with Crippen LogP contribution in [-0.4, -0.2) is 0 Å². The molecule has 37 heavy (non-hydrogen) atoms. The van der Waals surface area contributed by atoms with Crippen LogP contribution in [0.25, 0.3) is 0 Å². The van der Waals surface area contributed by atoms with Crippen LogP contribution >= 0.6 is 0 Å². The summed E-state index contributed by atoms with van der Waals surface area (Å²) in [4.78, 5) is 0. The monoisotopic (exact) mass is 496 g/mol. The molecule has 0 amide bonds. The van der Waals surface area contributed by atoms with Gasteiger partial charge in [-0.1, -0.05) is 107 Å². The van der Waals surface area contributed by atoms with Gasteiger partial charge in [-0.25, -0.2) is 8.78 Å². The second-order valence-corrected chi connectivity index (χ2v) is 9.68. The molecule has 3 aromatic rings. The van der Waals surface area contributed by atoms with Crippen LogP contribution in [0.5, 0.6) is 0 Å². The first kappa shape index (κ1) is 28.2. The van der Waals surface area contributed by atoms with E-state index in [1.54, 1.807) is 0 Å². The molecule has 0 unspecified atom stereocenters. The molecule has 0 aliphatic rings. The van der Waals surface area contributed by atoms with Crippen molar-refractivity contribution in [3.8, 4) is 23.7 Å². The summed E-state index contributed by atoms with van der Waals surface area (Å²) in [6, 6.07) is 18.5. The number of hydrogen-bond acceptors (Lipinski definition) is 0. The quantitative estimate of drug-likeness (QED) is 0.183. The first-order valence-corrected chi connectivity index (χ1v) is 13.8. The molecular formula is C35H38F2. The molecule has 0 N–H and O–H groups in total. The maximum Gasteiger partial charge on any atom is 0.143 e. The Kier molecular flexibility index (Phi) is 12.0. The second kappa shape index (κ2) is 15.7. The summed E-state index contributed by atoms with van der Waals surface area (Å²) in [6.07, 6.45) is 13.5. The van der Waals surface area contributed by atoms with Crippen molar-refractivity contribution in [3.63, 3.8) is 0 Å². The predicted octanol–water partition coefficient (Wildman–Crippen LogP) is 9.40. The Morgan fingerprint density at radius 2 is 0.919 bits per heavy atom. The molecule has 0 spiro atoms. The zero-order chi connectivity index (χ0) is 26.3. The van der Waals surface area contributed by atoms with Gasteiger partial charge in [-0.15, -0.1) is 0 Å². The molecule has 3 rings (SSSR count).